The third-order valence-corrected chi connectivity index (χ3v) is 3.55. The maximum Gasteiger partial charge on any atom is 0.0524 e. The Kier molecular flexibility index (Phi) is 4.00. The minimum atomic E-state index is -0.163. The summed E-state index contributed by atoms with van der Waals surface area (Å²) in [5.74, 6) is 0.847. The first kappa shape index (κ1) is 11.4. The van der Waals surface area contributed by atoms with Gasteiger partial charge in [0.25, 0.3) is 0 Å². The molecule has 88 valence electrons. The van der Waals surface area contributed by atoms with Gasteiger partial charge in [-0.25, -0.2) is 0 Å². The zero-order valence-corrected chi connectivity index (χ0v) is 9.78. The molecule has 1 aliphatic heterocycles. The fourth-order valence-corrected chi connectivity index (χ4v) is 2.42. The predicted molar refractivity (Wildman–Crippen MR) is 61.9 cm³/mol. The van der Waals surface area contributed by atoms with E-state index in [0.29, 0.717) is 0 Å². The SMILES string of the molecule is CC(O)CCNCC1CCN(C2CC2)C1. The summed E-state index contributed by atoms with van der Waals surface area (Å²) in [7, 11) is 0. The van der Waals surface area contributed by atoms with Gasteiger partial charge in [0, 0.05) is 12.6 Å². The molecule has 2 aliphatic rings. The Morgan fingerprint density at radius 2 is 2.20 bits per heavy atom. The Bertz CT molecular complexity index is 192. The third kappa shape index (κ3) is 3.74. The van der Waals surface area contributed by atoms with Crippen LogP contribution < -0.4 is 5.32 Å². The van der Waals surface area contributed by atoms with Gasteiger partial charge in [-0.05, 0) is 58.2 Å². The normalized spacial score (nSPS) is 29.6. The quantitative estimate of drug-likeness (QED) is 0.640. The van der Waals surface area contributed by atoms with Gasteiger partial charge in [0.15, 0.2) is 0 Å². The highest BCUT2D eigenvalue weighted by atomic mass is 16.3. The van der Waals surface area contributed by atoms with Crippen molar-refractivity contribution in [3.8, 4) is 0 Å². The van der Waals surface area contributed by atoms with Gasteiger partial charge < -0.3 is 15.3 Å². The standard InChI is InChI=1S/C12H24N2O/c1-10(15)4-6-13-8-11-5-7-14(9-11)12-2-3-12/h10-13,15H,2-9H2,1H3. The number of aliphatic hydroxyl groups is 1. The molecule has 2 atom stereocenters. The van der Waals surface area contributed by atoms with Crippen molar-refractivity contribution < 1.29 is 5.11 Å². The van der Waals surface area contributed by atoms with Crippen LogP contribution in [0.4, 0.5) is 0 Å². The highest BCUT2D eigenvalue weighted by molar-refractivity contribution is 4.89. The molecule has 0 aromatic rings. The number of nitrogens with one attached hydrogen (secondary N) is 1. The monoisotopic (exact) mass is 212 g/mol. The van der Waals surface area contributed by atoms with E-state index in [-0.39, 0.29) is 6.10 Å². The van der Waals surface area contributed by atoms with Gasteiger partial charge in [-0.1, -0.05) is 0 Å². The van der Waals surface area contributed by atoms with E-state index in [4.69, 9.17) is 5.11 Å². The summed E-state index contributed by atoms with van der Waals surface area (Å²) in [6.07, 6.45) is 4.94. The van der Waals surface area contributed by atoms with E-state index in [1.165, 1.54) is 32.4 Å². The number of aliphatic hydroxyl groups excluding tert-OH is 1. The summed E-state index contributed by atoms with van der Waals surface area (Å²) in [5, 5.41) is 12.6. The van der Waals surface area contributed by atoms with E-state index in [1.807, 2.05) is 6.92 Å². The second-order valence-electron chi connectivity index (χ2n) is 5.22. The fourth-order valence-electron chi connectivity index (χ4n) is 2.42. The van der Waals surface area contributed by atoms with Gasteiger partial charge in [-0.3, -0.25) is 0 Å². The first-order valence-electron chi connectivity index (χ1n) is 6.38. The maximum atomic E-state index is 9.12. The van der Waals surface area contributed by atoms with E-state index in [0.717, 1.165) is 31.5 Å². The Morgan fingerprint density at radius 1 is 1.40 bits per heavy atom. The van der Waals surface area contributed by atoms with Gasteiger partial charge in [0.05, 0.1) is 6.10 Å². The van der Waals surface area contributed by atoms with Crippen LogP contribution in [-0.2, 0) is 0 Å². The van der Waals surface area contributed by atoms with Crippen LogP contribution in [0.3, 0.4) is 0 Å². The number of hydrogen-bond acceptors (Lipinski definition) is 3. The summed E-state index contributed by atoms with van der Waals surface area (Å²) in [6, 6.07) is 0.937. The molecule has 2 N–H and O–H groups in total. The van der Waals surface area contributed by atoms with Crippen molar-refractivity contribution in [2.24, 2.45) is 5.92 Å². The van der Waals surface area contributed by atoms with Crippen LogP contribution in [0.25, 0.3) is 0 Å². The molecular weight excluding hydrogens is 188 g/mol. The molecule has 3 nitrogen and oxygen atoms in total. The fraction of sp³-hybridized carbons (Fsp3) is 1.00. The van der Waals surface area contributed by atoms with E-state index in [1.54, 1.807) is 0 Å². The Balaban J connectivity index is 1.52. The molecule has 0 amide bonds. The minimum absolute atomic E-state index is 0.163. The van der Waals surface area contributed by atoms with Gasteiger partial charge in [-0.2, -0.15) is 0 Å². The molecule has 2 unspecified atom stereocenters. The molecule has 0 spiro atoms. The maximum absolute atomic E-state index is 9.12. The topological polar surface area (TPSA) is 35.5 Å². The zero-order valence-electron chi connectivity index (χ0n) is 9.78. The van der Waals surface area contributed by atoms with Crippen LogP contribution in [0, 0.1) is 5.92 Å². The lowest BCUT2D eigenvalue weighted by molar-refractivity contribution is 0.183. The summed E-state index contributed by atoms with van der Waals surface area (Å²) < 4.78 is 0. The van der Waals surface area contributed by atoms with E-state index < -0.39 is 0 Å². The average molecular weight is 212 g/mol. The molecule has 0 radical (unpaired) electrons. The number of nitrogens with zero attached hydrogens (tertiary/aromatic N) is 1. The van der Waals surface area contributed by atoms with Crippen LogP contribution in [0.1, 0.15) is 32.6 Å². The Morgan fingerprint density at radius 3 is 2.87 bits per heavy atom. The molecule has 0 aromatic heterocycles. The Labute approximate surface area is 92.8 Å². The largest absolute Gasteiger partial charge is 0.393 e. The highest BCUT2D eigenvalue weighted by Crippen LogP contribution is 2.31. The van der Waals surface area contributed by atoms with Crippen LogP contribution in [0.15, 0.2) is 0 Å². The van der Waals surface area contributed by atoms with Crippen LogP contribution in [-0.4, -0.2) is 48.3 Å². The number of hydrogen-bond donors (Lipinski definition) is 2. The van der Waals surface area contributed by atoms with E-state index >= 15 is 0 Å². The summed E-state index contributed by atoms with van der Waals surface area (Å²) in [4.78, 5) is 2.65. The summed E-state index contributed by atoms with van der Waals surface area (Å²) >= 11 is 0. The molecule has 3 heteroatoms. The summed E-state index contributed by atoms with van der Waals surface area (Å²) in [6.45, 7) is 6.55. The lowest BCUT2D eigenvalue weighted by Crippen LogP contribution is -2.29. The molecule has 1 saturated carbocycles. The molecular formula is C12H24N2O. The van der Waals surface area contributed by atoms with Gasteiger partial charge in [-0.15, -0.1) is 0 Å². The number of rotatable bonds is 6. The zero-order chi connectivity index (χ0) is 10.7. The lowest BCUT2D eigenvalue weighted by Gasteiger charge is -2.15. The van der Waals surface area contributed by atoms with Crippen molar-refractivity contribution in [3.63, 3.8) is 0 Å². The predicted octanol–water partition coefficient (Wildman–Crippen LogP) is 0.831. The van der Waals surface area contributed by atoms with Crippen molar-refractivity contribution in [3.05, 3.63) is 0 Å². The van der Waals surface area contributed by atoms with Crippen molar-refractivity contribution >= 4 is 0 Å². The first-order chi connectivity index (χ1) is 7.25. The first-order valence-corrected chi connectivity index (χ1v) is 6.38. The van der Waals surface area contributed by atoms with E-state index in [9.17, 15) is 0 Å². The molecule has 15 heavy (non-hydrogen) atoms. The van der Waals surface area contributed by atoms with Crippen LogP contribution >= 0.6 is 0 Å². The summed E-state index contributed by atoms with van der Waals surface area (Å²) in [5.41, 5.74) is 0. The van der Waals surface area contributed by atoms with Crippen LogP contribution in [0.2, 0.25) is 0 Å². The molecule has 1 saturated heterocycles. The molecule has 0 bridgehead atoms. The van der Waals surface area contributed by atoms with Gasteiger partial charge in [0.2, 0.25) is 0 Å². The van der Waals surface area contributed by atoms with Gasteiger partial charge >= 0.3 is 0 Å². The van der Waals surface area contributed by atoms with Gasteiger partial charge in [0.1, 0.15) is 0 Å². The third-order valence-electron chi connectivity index (χ3n) is 3.55. The minimum Gasteiger partial charge on any atom is -0.393 e. The molecule has 0 aromatic carbocycles. The molecule has 2 fully saturated rings. The van der Waals surface area contributed by atoms with Crippen molar-refractivity contribution in [2.45, 2.75) is 44.8 Å². The molecule has 1 heterocycles. The molecule has 1 aliphatic carbocycles. The molecule has 2 rings (SSSR count). The second kappa shape index (κ2) is 5.28. The lowest BCUT2D eigenvalue weighted by atomic mass is 10.1. The Hall–Kier alpha value is -0.120. The van der Waals surface area contributed by atoms with Crippen molar-refractivity contribution in [1.82, 2.24) is 10.2 Å². The smallest absolute Gasteiger partial charge is 0.0524 e. The van der Waals surface area contributed by atoms with Crippen molar-refractivity contribution in [2.75, 3.05) is 26.2 Å². The average Bonchev–Trinajstić information content (AvgIpc) is 2.94. The highest BCUT2D eigenvalue weighted by Gasteiger charge is 2.33. The second-order valence-corrected chi connectivity index (χ2v) is 5.22. The van der Waals surface area contributed by atoms with E-state index in [2.05, 4.69) is 10.2 Å². The van der Waals surface area contributed by atoms with Crippen LogP contribution in [0.5, 0.6) is 0 Å². The number of likely N-dealkylation sites (tertiary alicyclic amines) is 1. The van der Waals surface area contributed by atoms with Crippen molar-refractivity contribution in [1.29, 1.82) is 0 Å².